The maximum absolute atomic E-state index is 11.9. The first kappa shape index (κ1) is 11.4. The molecular formula is C11H18BrNO2. The van der Waals surface area contributed by atoms with E-state index in [1.807, 2.05) is 11.8 Å². The van der Waals surface area contributed by atoms with Crippen LogP contribution in [0.5, 0.6) is 0 Å². The Morgan fingerprint density at radius 2 is 2.27 bits per heavy atom. The van der Waals surface area contributed by atoms with Crippen LogP contribution in [-0.2, 0) is 4.79 Å². The molecule has 0 aromatic carbocycles. The number of rotatable bonds is 2. The van der Waals surface area contributed by atoms with Crippen LogP contribution in [0.3, 0.4) is 0 Å². The van der Waals surface area contributed by atoms with E-state index in [-0.39, 0.29) is 16.8 Å². The summed E-state index contributed by atoms with van der Waals surface area (Å²) in [6.45, 7) is 3.61. The van der Waals surface area contributed by atoms with Crippen LogP contribution in [0.15, 0.2) is 0 Å². The summed E-state index contributed by atoms with van der Waals surface area (Å²) < 4.78 is 0. The Morgan fingerprint density at radius 1 is 1.53 bits per heavy atom. The van der Waals surface area contributed by atoms with Crippen molar-refractivity contribution in [3.8, 4) is 0 Å². The predicted molar refractivity (Wildman–Crippen MR) is 61.8 cm³/mol. The molecule has 2 fully saturated rings. The van der Waals surface area contributed by atoms with Gasteiger partial charge in [0.1, 0.15) is 0 Å². The fraction of sp³-hybridized carbons (Fsp3) is 0.909. The Hall–Kier alpha value is -0.0900. The van der Waals surface area contributed by atoms with Crippen LogP contribution in [0.25, 0.3) is 0 Å². The highest BCUT2D eigenvalue weighted by Gasteiger charge is 2.43. The van der Waals surface area contributed by atoms with Crippen molar-refractivity contribution in [2.45, 2.75) is 37.1 Å². The third kappa shape index (κ3) is 2.07. The zero-order valence-corrected chi connectivity index (χ0v) is 10.6. The fourth-order valence-corrected chi connectivity index (χ4v) is 3.08. The van der Waals surface area contributed by atoms with Gasteiger partial charge in [0.05, 0.1) is 10.9 Å². The number of likely N-dealkylation sites (tertiary alicyclic amines) is 1. The number of hydrogen-bond donors (Lipinski definition) is 1. The highest BCUT2D eigenvalue weighted by Crippen LogP contribution is 2.38. The first-order chi connectivity index (χ1) is 7.13. The lowest BCUT2D eigenvalue weighted by Crippen LogP contribution is -2.36. The number of alkyl halides is 1. The van der Waals surface area contributed by atoms with Crippen LogP contribution in [-0.4, -0.2) is 39.9 Å². The summed E-state index contributed by atoms with van der Waals surface area (Å²) in [5.74, 6) is 1.07. The second-order valence-electron chi connectivity index (χ2n) is 4.69. The Labute approximate surface area is 99.0 Å². The largest absolute Gasteiger partial charge is 0.393 e. The van der Waals surface area contributed by atoms with Gasteiger partial charge in [-0.3, -0.25) is 4.79 Å². The lowest BCUT2D eigenvalue weighted by molar-refractivity contribution is -0.129. The van der Waals surface area contributed by atoms with Crippen molar-refractivity contribution >= 4 is 21.8 Å². The van der Waals surface area contributed by atoms with Gasteiger partial charge in [-0.15, -0.1) is 0 Å². The van der Waals surface area contributed by atoms with Crippen LogP contribution < -0.4 is 0 Å². The summed E-state index contributed by atoms with van der Waals surface area (Å²) >= 11 is 3.39. The van der Waals surface area contributed by atoms with Crippen molar-refractivity contribution in [2.75, 3.05) is 13.1 Å². The molecule has 4 heteroatoms. The SMILES string of the molecule is CCC(Br)C(=O)N1CC2CCC(O)C2C1. The Kier molecular flexibility index (Phi) is 3.36. The summed E-state index contributed by atoms with van der Waals surface area (Å²) in [7, 11) is 0. The summed E-state index contributed by atoms with van der Waals surface area (Å²) in [5.41, 5.74) is 0. The third-order valence-corrected chi connectivity index (χ3v) is 4.80. The van der Waals surface area contributed by atoms with E-state index >= 15 is 0 Å². The first-order valence-electron chi connectivity index (χ1n) is 5.74. The van der Waals surface area contributed by atoms with Gasteiger partial charge in [0.25, 0.3) is 0 Å². The van der Waals surface area contributed by atoms with E-state index in [1.165, 1.54) is 0 Å². The molecule has 15 heavy (non-hydrogen) atoms. The average molecular weight is 276 g/mol. The van der Waals surface area contributed by atoms with E-state index in [0.29, 0.717) is 11.8 Å². The zero-order valence-electron chi connectivity index (χ0n) is 9.03. The molecule has 0 radical (unpaired) electrons. The number of amides is 1. The van der Waals surface area contributed by atoms with Crippen molar-refractivity contribution in [1.29, 1.82) is 0 Å². The van der Waals surface area contributed by atoms with E-state index in [2.05, 4.69) is 15.9 Å². The summed E-state index contributed by atoms with van der Waals surface area (Å²) in [6.07, 6.45) is 2.65. The highest BCUT2D eigenvalue weighted by atomic mass is 79.9. The van der Waals surface area contributed by atoms with Gasteiger partial charge < -0.3 is 10.0 Å². The monoisotopic (exact) mass is 275 g/mol. The van der Waals surface area contributed by atoms with Crippen molar-refractivity contribution in [3.63, 3.8) is 0 Å². The topological polar surface area (TPSA) is 40.5 Å². The highest BCUT2D eigenvalue weighted by molar-refractivity contribution is 9.10. The van der Waals surface area contributed by atoms with Crippen molar-refractivity contribution in [3.05, 3.63) is 0 Å². The molecule has 0 bridgehead atoms. The molecule has 1 heterocycles. The average Bonchev–Trinajstić information content (AvgIpc) is 2.79. The number of carbonyl (C=O) groups excluding carboxylic acids is 1. The first-order valence-corrected chi connectivity index (χ1v) is 6.66. The molecule has 4 unspecified atom stereocenters. The molecule has 86 valence electrons. The molecule has 1 aliphatic heterocycles. The maximum Gasteiger partial charge on any atom is 0.236 e. The Balaban J connectivity index is 1.96. The van der Waals surface area contributed by atoms with Gasteiger partial charge in [0, 0.05) is 19.0 Å². The Morgan fingerprint density at radius 3 is 2.87 bits per heavy atom. The Bertz CT molecular complexity index is 259. The minimum Gasteiger partial charge on any atom is -0.393 e. The molecule has 1 saturated carbocycles. The fourth-order valence-electron chi connectivity index (χ4n) is 2.79. The second-order valence-corrected chi connectivity index (χ2v) is 5.79. The number of fused-ring (bicyclic) bond motifs is 1. The molecule has 0 aromatic heterocycles. The molecule has 1 saturated heterocycles. The van der Waals surface area contributed by atoms with E-state index in [4.69, 9.17) is 0 Å². The van der Waals surface area contributed by atoms with Gasteiger partial charge in [-0.25, -0.2) is 0 Å². The maximum atomic E-state index is 11.9. The van der Waals surface area contributed by atoms with Crippen LogP contribution in [0.2, 0.25) is 0 Å². The lowest BCUT2D eigenvalue weighted by atomic mass is 10.00. The van der Waals surface area contributed by atoms with Crippen molar-refractivity contribution < 1.29 is 9.90 Å². The number of halogens is 1. The van der Waals surface area contributed by atoms with Crippen LogP contribution in [0, 0.1) is 11.8 Å². The van der Waals surface area contributed by atoms with Crippen molar-refractivity contribution in [2.24, 2.45) is 11.8 Å². The summed E-state index contributed by atoms with van der Waals surface area (Å²) in [4.78, 5) is 13.8. The lowest BCUT2D eigenvalue weighted by Gasteiger charge is -2.20. The third-order valence-electron chi connectivity index (χ3n) is 3.76. The smallest absolute Gasteiger partial charge is 0.236 e. The molecule has 1 N–H and O–H groups in total. The van der Waals surface area contributed by atoms with Crippen molar-refractivity contribution in [1.82, 2.24) is 4.90 Å². The van der Waals surface area contributed by atoms with E-state index < -0.39 is 0 Å². The number of aliphatic hydroxyl groups excluding tert-OH is 1. The van der Waals surface area contributed by atoms with E-state index in [0.717, 1.165) is 32.4 Å². The quantitative estimate of drug-likeness (QED) is 0.774. The minimum absolute atomic E-state index is 0.0477. The molecule has 1 aliphatic carbocycles. The zero-order chi connectivity index (χ0) is 11.0. The van der Waals surface area contributed by atoms with Crippen LogP contribution in [0.4, 0.5) is 0 Å². The number of hydrogen-bond acceptors (Lipinski definition) is 2. The molecular weight excluding hydrogens is 258 g/mol. The van der Waals surface area contributed by atoms with Gasteiger partial charge >= 0.3 is 0 Å². The summed E-state index contributed by atoms with van der Waals surface area (Å²) in [5, 5.41) is 9.75. The summed E-state index contributed by atoms with van der Waals surface area (Å²) in [6, 6.07) is 0. The number of nitrogens with zero attached hydrogens (tertiary/aromatic N) is 1. The molecule has 0 spiro atoms. The van der Waals surface area contributed by atoms with Gasteiger partial charge in [-0.05, 0) is 25.2 Å². The van der Waals surface area contributed by atoms with E-state index in [1.54, 1.807) is 0 Å². The number of aliphatic hydroxyl groups is 1. The molecule has 2 aliphatic rings. The standard InChI is InChI=1S/C11H18BrNO2/c1-2-9(12)11(15)13-5-7-3-4-10(14)8(7)6-13/h7-10,14H,2-6H2,1H3. The van der Waals surface area contributed by atoms with Gasteiger partial charge in [0.2, 0.25) is 5.91 Å². The van der Waals surface area contributed by atoms with Gasteiger partial charge in [-0.2, -0.15) is 0 Å². The molecule has 2 rings (SSSR count). The number of carbonyl (C=O) groups is 1. The predicted octanol–water partition coefficient (Wildman–Crippen LogP) is 1.39. The van der Waals surface area contributed by atoms with E-state index in [9.17, 15) is 9.90 Å². The molecule has 3 nitrogen and oxygen atoms in total. The molecule has 4 atom stereocenters. The van der Waals surface area contributed by atoms with Gasteiger partial charge in [-0.1, -0.05) is 22.9 Å². The molecule has 0 aromatic rings. The van der Waals surface area contributed by atoms with Crippen LogP contribution in [0.1, 0.15) is 26.2 Å². The molecule has 1 amide bonds. The van der Waals surface area contributed by atoms with Gasteiger partial charge in [0.15, 0.2) is 0 Å². The second kappa shape index (κ2) is 4.42. The normalized spacial score (nSPS) is 36.7. The minimum atomic E-state index is -0.178. The van der Waals surface area contributed by atoms with Crippen LogP contribution >= 0.6 is 15.9 Å².